The predicted octanol–water partition coefficient (Wildman–Crippen LogP) is 3.44. The summed E-state index contributed by atoms with van der Waals surface area (Å²) in [6.07, 6.45) is 3.20. The molecule has 0 aliphatic rings. The highest BCUT2D eigenvalue weighted by molar-refractivity contribution is 5.95. The minimum atomic E-state index is -0.637. The molecule has 3 rings (SSSR count). The third-order valence-corrected chi connectivity index (χ3v) is 4.52. The maximum Gasteiger partial charge on any atom is 0.316 e. The number of rotatable bonds is 6. The molecule has 0 unspecified atom stereocenters. The van der Waals surface area contributed by atoms with E-state index in [-0.39, 0.29) is 29.8 Å². The van der Waals surface area contributed by atoms with Crippen LogP contribution < -0.4 is 10.1 Å². The summed E-state index contributed by atoms with van der Waals surface area (Å²) in [6.45, 7) is 10.5. The molecule has 1 aromatic carbocycles. The third kappa shape index (κ3) is 5.76. The van der Waals surface area contributed by atoms with Gasteiger partial charge in [-0.1, -0.05) is 6.58 Å². The van der Waals surface area contributed by atoms with Crippen molar-refractivity contribution in [2.45, 2.75) is 34.2 Å². The highest BCUT2D eigenvalue weighted by atomic mass is 16.5. The fraction of sp³-hybridized carbons (Fsp3) is 0.250. The van der Waals surface area contributed by atoms with Gasteiger partial charge in [0.25, 0.3) is 11.8 Å². The molecule has 0 saturated heterocycles. The van der Waals surface area contributed by atoms with Gasteiger partial charge >= 0.3 is 5.97 Å². The predicted molar refractivity (Wildman–Crippen MR) is 121 cm³/mol. The van der Waals surface area contributed by atoms with Crippen molar-refractivity contribution < 1.29 is 19.1 Å². The topological polar surface area (TPSA) is 116 Å². The molecular formula is C24H25N5O4. The van der Waals surface area contributed by atoms with Crippen LogP contribution in [0.15, 0.2) is 60.9 Å². The number of carbonyl (C=O) groups is 3. The highest BCUT2D eigenvalue weighted by Crippen LogP contribution is 2.20. The SMILES string of the molecule is C=C(C)C(=O)n1nc(-c2ccncc2)nc1CNC(=O)c1ccc(OC(=O)C(C)(C)C)cc1. The monoisotopic (exact) mass is 447 g/mol. The second kappa shape index (κ2) is 9.56. The van der Waals surface area contributed by atoms with Crippen molar-refractivity contribution in [2.75, 3.05) is 0 Å². The maximum atomic E-state index is 12.6. The van der Waals surface area contributed by atoms with Gasteiger partial charge in [-0.2, -0.15) is 4.68 Å². The van der Waals surface area contributed by atoms with Crippen molar-refractivity contribution in [1.82, 2.24) is 25.1 Å². The number of pyridine rings is 1. The first-order chi connectivity index (χ1) is 15.6. The second-order valence-corrected chi connectivity index (χ2v) is 8.43. The number of carbonyl (C=O) groups excluding carboxylic acids is 3. The largest absolute Gasteiger partial charge is 0.426 e. The molecule has 0 spiro atoms. The Labute approximate surface area is 191 Å². The van der Waals surface area contributed by atoms with Gasteiger partial charge in [0.2, 0.25) is 0 Å². The van der Waals surface area contributed by atoms with E-state index in [2.05, 4.69) is 27.0 Å². The Balaban J connectivity index is 1.74. The van der Waals surface area contributed by atoms with E-state index in [1.165, 1.54) is 0 Å². The molecule has 0 saturated carbocycles. The van der Waals surface area contributed by atoms with E-state index in [1.807, 2.05) is 0 Å². The molecule has 9 nitrogen and oxygen atoms in total. The van der Waals surface area contributed by atoms with E-state index in [0.717, 1.165) is 4.68 Å². The Kier molecular flexibility index (Phi) is 6.81. The van der Waals surface area contributed by atoms with Crippen LogP contribution in [0.4, 0.5) is 0 Å². The first-order valence-corrected chi connectivity index (χ1v) is 10.2. The van der Waals surface area contributed by atoms with Crippen molar-refractivity contribution in [3.05, 3.63) is 72.3 Å². The molecule has 0 aliphatic carbocycles. The minimum absolute atomic E-state index is 0.0311. The lowest BCUT2D eigenvalue weighted by atomic mass is 9.97. The van der Waals surface area contributed by atoms with Crippen molar-refractivity contribution in [3.63, 3.8) is 0 Å². The molecule has 9 heteroatoms. The molecule has 2 aromatic heterocycles. The summed E-state index contributed by atoms with van der Waals surface area (Å²) in [5, 5.41) is 7.01. The van der Waals surface area contributed by atoms with E-state index >= 15 is 0 Å². The van der Waals surface area contributed by atoms with E-state index in [9.17, 15) is 14.4 Å². The molecule has 0 fully saturated rings. The van der Waals surface area contributed by atoms with Crippen LogP contribution in [0.5, 0.6) is 5.75 Å². The van der Waals surface area contributed by atoms with Crippen LogP contribution in [-0.4, -0.2) is 37.5 Å². The van der Waals surface area contributed by atoms with Crippen LogP contribution in [0.3, 0.4) is 0 Å². The van der Waals surface area contributed by atoms with Crippen LogP contribution in [-0.2, 0) is 11.3 Å². The van der Waals surface area contributed by atoms with Crippen molar-refractivity contribution >= 4 is 17.8 Å². The Hall–Kier alpha value is -4.14. The van der Waals surface area contributed by atoms with E-state index in [4.69, 9.17) is 4.74 Å². The van der Waals surface area contributed by atoms with Gasteiger partial charge in [0.1, 0.15) is 5.75 Å². The summed E-state index contributed by atoms with van der Waals surface area (Å²) in [5.74, 6) is -0.227. The Morgan fingerprint density at radius 3 is 2.27 bits per heavy atom. The van der Waals surface area contributed by atoms with Gasteiger partial charge in [-0.3, -0.25) is 19.4 Å². The van der Waals surface area contributed by atoms with Crippen molar-refractivity contribution in [3.8, 4) is 17.1 Å². The van der Waals surface area contributed by atoms with Crippen LogP contribution in [0.2, 0.25) is 0 Å². The number of allylic oxidation sites excluding steroid dienone is 1. The molecule has 170 valence electrons. The molecule has 1 N–H and O–H groups in total. The highest BCUT2D eigenvalue weighted by Gasteiger charge is 2.24. The molecular weight excluding hydrogens is 422 g/mol. The lowest BCUT2D eigenvalue weighted by Gasteiger charge is -2.16. The average Bonchev–Trinajstić information content (AvgIpc) is 3.21. The van der Waals surface area contributed by atoms with Gasteiger partial charge in [0.05, 0.1) is 12.0 Å². The summed E-state index contributed by atoms with van der Waals surface area (Å²) >= 11 is 0. The quantitative estimate of drug-likeness (QED) is 0.349. The fourth-order valence-corrected chi connectivity index (χ4v) is 2.62. The molecule has 0 radical (unpaired) electrons. The number of ether oxygens (including phenoxy) is 1. The molecule has 0 atom stereocenters. The standard InChI is InChI=1S/C24H25N5O4/c1-15(2)22(31)29-19(27-20(28-29)16-10-12-25-13-11-16)14-26-21(30)17-6-8-18(9-7-17)33-23(32)24(3,4)5/h6-13H,1,14H2,2-5H3,(H,26,30). The zero-order chi connectivity index (χ0) is 24.2. The van der Waals surface area contributed by atoms with Crippen LogP contribution in [0.25, 0.3) is 11.4 Å². The summed E-state index contributed by atoms with van der Waals surface area (Å²) in [5.41, 5.74) is 0.695. The van der Waals surface area contributed by atoms with Gasteiger partial charge in [0.15, 0.2) is 11.6 Å². The van der Waals surface area contributed by atoms with E-state index in [1.54, 1.807) is 76.5 Å². The van der Waals surface area contributed by atoms with Crippen molar-refractivity contribution in [1.29, 1.82) is 0 Å². The summed E-state index contributed by atoms with van der Waals surface area (Å²) < 4.78 is 6.44. The van der Waals surface area contributed by atoms with Crippen LogP contribution >= 0.6 is 0 Å². The molecule has 33 heavy (non-hydrogen) atoms. The number of amides is 1. The first-order valence-electron chi connectivity index (χ1n) is 10.2. The van der Waals surface area contributed by atoms with Gasteiger partial charge in [-0.15, -0.1) is 5.10 Å². The van der Waals surface area contributed by atoms with Gasteiger partial charge in [-0.25, -0.2) is 4.98 Å². The van der Waals surface area contributed by atoms with Gasteiger partial charge < -0.3 is 10.1 Å². The van der Waals surface area contributed by atoms with Crippen LogP contribution in [0.1, 0.15) is 48.7 Å². The second-order valence-electron chi connectivity index (χ2n) is 8.43. The molecule has 0 aliphatic heterocycles. The Bertz CT molecular complexity index is 1190. The normalized spacial score (nSPS) is 11.0. The molecule has 0 bridgehead atoms. The maximum absolute atomic E-state index is 12.6. The molecule has 1 amide bonds. The number of esters is 1. The number of hydrogen-bond acceptors (Lipinski definition) is 7. The molecule has 2 heterocycles. The Morgan fingerprint density at radius 2 is 1.70 bits per heavy atom. The van der Waals surface area contributed by atoms with Gasteiger partial charge in [0, 0.05) is 29.1 Å². The molecule has 3 aromatic rings. The van der Waals surface area contributed by atoms with E-state index < -0.39 is 11.3 Å². The van der Waals surface area contributed by atoms with Crippen LogP contribution in [0, 0.1) is 5.41 Å². The van der Waals surface area contributed by atoms with Gasteiger partial charge in [-0.05, 0) is 64.1 Å². The van der Waals surface area contributed by atoms with E-state index in [0.29, 0.717) is 22.7 Å². The number of nitrogens with one attached hydrogen (secondary N) is 1. The summed E-state index contributed by atoms with van der Waals surface area (Å²) in [4.78, 5) is 45.5. The Morgan fingerprint density at radius 1 is 1.06 bits per heavy atom. The lowest BCUT2D eigenvalue weighted by molar-refractivity contribution is -0.143. The minimum Gasteiger partial charge on any atom is -0.426 e. The fourth-order valence-electron chi connectivity index (χ4n) is 2.62. The summed E-state index contributed by atoms with van der Waals surface area (Å²) in [6, 6.07) is 9.64. The van der Waals surface area contributed by atoms with Crippen molar-refractivity contribution in [2.24, 2.45) is 5.41 Å². The number of nitrogens with zero attached hydrogens (tertiary/aromatic N) is 4. The third-order valence-electron chi connectivity index (χ3n) is 4.52. The lowest BCUT2D eigenvalue weighted by Crippen LogP contribution is -2.27. The smallest absolute Gasteiger partial charge is 0.316 e. The zero-order valence-electron chi connectivity index (χ0n) is 19.0. The number of hydrogen-bond donors (Lipinski definition) is 1. The zero-order valence-corrected chi connectivity index (χ0v) is 19.0. The number of benzene rings is 1. The average molecular weight is 447 g/mol. The summed E-state index contributed by atoms with van der Waals surface area (Å²) in [7, 11) is 0. The first kappa shape index (κ1) is 23.5. The number of aromatic nitrogens is 4.